The first-order chi connectivity index (χ1) is 19.4. The summed E-state index contributed by atoms with van der Waals surface area (Å²) in [5.74, 6) is -0.403. The number of ether oxygens (including phenoxy) is 1. The van der Waals surface area contributed by atoms with Crippen molar-refractivity contribution in [2.24, 2.45) is 12.1 Å². The van der Waals surface area contributed by atoms with E-state index in [0.29, 0.717) is 22.1 Å². The second-order valence-electron chi connectivity index (χ2n) is 9.95. The van der Waals surface area contributed by atoms with Crippen molar-refractivity contribution >= 4 is 35.4 Å². The van der Waals surface area contributed by atoms with Gasteiger partial charge in [-0.2, -0.15) is 14.6 Å². The van der Waals surface area contributed by atoms with Crippen molar-refractivity contribution in [3.8, 4) is 11.3 Å². The highest BCUT2D eigenvalue weighted by atomic mass is 35.5. The number of aromatic nitrogens is 5. The van der Waals surface area contributed by atoms with Crippen LogP contribution in [-0.4, -0.2) is 48.4 Å². The number of H-pyrrole nitrogens is 1. The van der Waals surface area contributed by atoms with E-state index in [4.69, 9.17) is 16.3 Å². The van der Waals surface area contributed by atoms with Gasteiger partial charge < -0.3 is 20.4 Å². The van der Waals surface area contributed by atoms with E-state index < -0.39 is 29.6 Å². The van der Waals surface area contributed by atoms with Gasteiger partial charge in [0, 0.05) is 42.4 Å². The van der Waals surface area contributed by atoms with Gasteiger partial charge in [-0.1, -0.05) is 23.7 Å². The van der Waals surface area contributed by atoms with E-state index in [1.807, 2.05) is 0 Å². The van der Waals surface area contributed by atoms with E-state index in [-0.39, 0.29) is 17.9 Å². The lowest BCUT2D eigenvalue weighted by Gasteiger charge is -2.23. The zero-order chi connectivity index (χ0) is 29.6. The van der Waals surface area contributed by atoms with Gasteiger partial charge in [-0.25, -0.2) is 20.2 Å². The van der Waals surface area contributed by atoms with Crippen LogP contribution in [0.5, 0.6) is 0 Å². The maximum atomic E-state index is 14.5. The fourth-order valence-corrected chi connectivity index (χ4v) is 3.75. The monoisotopic (exact) mass is 581 g/mol. The van der Waals surface area contributed by atoms with Crippen LogP contribution >= 0.6 is 11.6 Å². The van der Waals surface area contributed by atoms with Crippen molar-refractivity contribution in [2.45, 2.75) is 38.8 Å². The minimum atomic E-state index is -1.05. The number of benzene rings is 1. The molecule has 14 heteroatoms. The average molecular weight is 582 g/mol. The first kappa shape index (κ1) is 29.2. The molecule has 2 amide bonds. The summed E-state index contributed by atoms with van der Waals surface area (Å²) in [5, 5.41) is 14.3. The summed E-state index contributed by atoms with van der Waals surface area (Å²) >= 11 is 5.97. The van der Waals surface area contributed by atoms with Crippen LogP contribution in [0.4, 0.5) is 21.0 Å². The van der Waals surface area contributed by atoms with Crippen molar-refractivity contribution in [1.29, 1.82) is 0 Å². The first-order valence-corrected chi connectivity index (χ1v) is 12.9. The molecule has 0 spiro atoms. The predicted octanol–water partition coefficient (Wildman–Crippen LogP) is 3.81. The second-order valence-corrected chi connectivity index (χ2v) is 10.4. The fraction of sp³-hybridized carbons (Fsp3) is 0.259. The van der Waals surface area contributed by atoms with E-state index in [1.54, 1.807) is 75.1 Å². The van der Waals surface area contributed by atoms with Crippen LogP contribution in [0.3, 0.4) is 0 Å². The third-order valence-electron chi connectivity index (χ3n) is 5.48. The molecule has 0 saturated heterocycles. The van der Waals surface area contributed by atoms with Gasteiger partial charge in [0.05, 0.1) is 11.9 Å². The van der Waals surface area contributed by atoms with Gasteiger partial charge in [-0.3, -0.25) is 9.48 Å². The molecule has 12 nitrogen and oxygen atoms in total. The smallest absolute Gasteiger partial charge is 0.408 e. The van der Waals surface area contributed by atoms with Crippen LogP contribution in [-0.2, 0) is 23.0 Å². The maximum Gasteiger partial charge on any atom is 0.408 e. The number of rotatable bonds is 8. The van der Waals surface area contributed by atoms with Crippen molar-refractivity contribution in [3.63, 3.8) is 0 Å². The lowest BCUT2D eigenvalue weighted by molar-refractivity contribution is -0.123. The third-order valence-corrected chi connectivity index (χ3v) is 5.73. The van der Waals surface area contributed by atoms with Gasteiger partial charge in [-0.05, 0) is 50.6 Å². The molecular weight excluding hydrogens is 553 g/mol. The number of anilines is 2. The Morgan fingerprint density at radius 1 is 1.15 bits per heavy atom. The first-order valence-electron chi connectivity index (χ1n) is 12.5. The van der Waals surface area contributed by atoms with E-state index in [0.717, 1.165) is 5.56 Å². The Kier molecular flexibility index (Phi) is 8.97. The molecule has 0 aliphatic rings. The lowest BCUT2D eigenvalue weighted by atomic mass is 10.1. The highest BCUT2D eigenvalue weighted by Crippen LogP contribution is 2.18. The molecule has 0 unspecified atom stereocenters. The molecule has 0 aliphatic carbocycles. The number of carbonyl (C=O) groups excluding carboxylic acids is 2. The Bertz CT molecular complexity index is 1600. The van der Waals surface area contributed by atoms with Gasteiger partial charge in [-0.15, -0.1) is 0 Å². The van der Waals surface area contributed by atoms with Crippen LogP contribution in [0.25, 0.3) is 11.3 Å². The standard InChI is InChI=1S/C27H29ClFN9O3/c1-27(2,3)41-26(40)33-20(13-16-5-7-18(28)8-6-16)24(39)37-36-22-15-17(14-21(29)34-22)19-9-11-30-25(32-19)35-23-10-12-31-38(23)4/h5-12,14-15,20H,13H2,1-4H3,(H,33,40)(H,34,36)(H,37,39)(H,30,32,35)/t20-/m1/s1. The Labute approximate surface area is 240 Å². The quantitative estimate of drug-likeness (QED) is 0.182. The molecule has 1 atom stereocenters. The summed E-state index contributed by atoms with van der Waals surface area (Å²) in [7, 11) is 1.76. The highest BCUT2D eigenvalue weighted by molar-refractivity contribution is 6.30. The Morgan fingerprint density at radius 3 is 2.59 bits per heavy atom. The fourth-order valence-electron chi connectivity index (χ4n) is 3.63. The average Bonchev–Trinajstić information content (AvgIpc) is 3.31. The third kappa shape index (κ3) is 8.60. The summed E-state index contributed by atoms with van der Waals surface area (Å²) in [6, 6.07) is 11.9. The van der Waals surface area contributed by atoms with Gasteiger partial charge in [0.25, 0.3) is 5.91 Å². The zero-order valence-corrected chi connectivity index (χ0v) is 23.5. The van der Waals surface area contributed by atoms with Crippen molar-refractivity contribution < 1.29 is 18.7 Å². The van der Waals surface area contributed by atoms with Gasteiger partial charge in [0.2, 0.25) is 5.95 Å². The number of aromatic amines is 1. The van der Waals surface area contributed by atoms with Crippen LogP contribution in [0.1, 0.15) is 26.3 Å². The molecule has 0 fully saturated rings. The van der Waals surface area contributed by atoms with Crippen molar-refractivity contribution in [1.82, 2.24) is 35.5 Å². The molecular formula is C27H29ClFN9O3. The number of pyridine rings is 1. The number of hydrogen-bond donors (Lipinski definition) is 4. The zero-order valence-electron chi connectivity index (χ0n) is 22.8. The Balaban J connectivity index is 1.54. The van der Waals surface area contributed by atoms with Gasteiger partial charge >= 0.3 is 6.09 Å². The number of alkyl carbamates (subject to hydrolysis) is 1. The maximum absolute atomic E-state index is 14.5. The molecule has 0 radical (unpaired) electrons. The Morgan fingerprint density at radius 2 is 1.90 bits per heavy atom. The number of hydrogen-bond acceptors (Lipinski definition) is 8. The molecule has 3 heterocycles. The number of halogens is 2. The number of amides is 2. The molecule has 1 aromatic carbocycles. The molecule has 0 bridgehead atoms. The largest absolute Gasteiger partial charge is 0.444 e. The van der Waals surface area contributed by atoms with Crippen LogP contribution in [0.2, 0.25) is 5.02 Å². The van der Waals surface area contributed by atoms with E-state index in [1.165, 1.54) is 18.3 Å². The number of nitrogens with zero attached hydrogens (tertiary/aromatic N) is 5. The van der Waals surface area contributed by atoms with Crippen LogP contribution < -0.4 is 21.5 Å². The SMILES string of the molecule is Cn1nccc1Nc1nccc(-c2cc(F)[nH]c(=NNC(=O)[C@@H](Cc3ccc(Cl)cc3)NC(=O)OC(C)(C)C)c2)n1. The highest BCUT2D eigenvalue weighted by Gasteiger charge is 2.25. The molecule has 214 valence electrons. The molecule has 0 saturated carbocycles. The number of carbonyl (C=O) groups is 2. The Hall–Kier alpha value is -4.78. The summed E-state index contributed by atoms with van der Waals surface area (Å²) in [4.78, 5) is 36.6. The van der Waals surface area contributed by atoms with E-state index >= 15 is 0 Å². The van der Waals surface area contributed by atoms with E-state index in [2.05, 4.69) is 41.2 Å². The van der Waals surface area contributed by atoms with Crippen molar-refractivity contribution in [2.75, 3.05) is 5.32 Å². The molecule has 3 aromatic heterocycles. The van der Waals surface area contributed by atoms with Crippen LogP contribution in [0, 0.1) is 5.95 Å². The summed E-state index contributed by atoms with van der Waals surface area (Å²) < 4.78 is 21.4. The summed E-state index contributed by atoms with van der Waals surface area (Å²) in [5.41, 5.74) is 3.17. The van der Waals surface area contributed by atoms with Crippen molar-refractivity contribution in [3.05, 3.63) is 82.9 Å². The van der Waals surface area contributed by atoms with Gasteiger partial charge in [0.15, 0.2) is 11.4 Å². The molecule has 4 aromatic rings. The van der Waals surface area contributed by atoms with E-state index in [9.17, 15) is 14.0 Å². The summed E-state index contributed by atoms with van der Waals surface area (Å²) in [6.45, 7) is 5.13. The normalized spacial score (nSPS) is 12.5. The topological polar surface area (TPSA) is 151 Å². The second kappa shape index (κ2) is 12.6. The van der Waals surface area contributed by atoms with Crippen LogP contribution in [0.15, 0.2) is 66.0 Å². The van der Waals surface area contributed by atoms with Gasteiger partial charge in [0.1, 0.15) is 17.5 Å². The summed E-state index contributed by atoms with van der Waals surface area (Å²) in [6.07, 6.45) is 2.51. The number of aryl methyl sites for hydroxylation is 1. The predicted molar refractivity (Wildman–Crippen MR) is 150 cm³/mol. The lowest BCUT2D eigenvalue weighted by Crippen LogP contribution is -2.48. The molecule has 41 heavy (non-hydrogen) atoms. The minimum Gasteiger partial charge on any atom is -0.444 e. The minimum absolute atomic E-state index is 0.00983. The molecule has 4 rings (SSSR count). The number of nitrogens with one attached hydrogen (secondary N) is 4. The molecule has 0 aliphatic heterocycles. The molecule has 4 N–H and O–H groups in total.